The minimum absolute atomic E-state index is 0.334. The molecule has 20 heavy (non-hydrogen) atoms. The van der Waals surface area contributed by atoms with E-state index in [0.717, 1.165) is 16.7 Å². The van der Waals surface area contributed by atoms with Crippen LogP contribution in [0.15, 0.2) is 36.5 Å². The molecule has 2 rings (SSSR count). The molecule has 0 fully saturated rings. The van der Waals surface area contributed by atoms with E-state index in [9.17, 15) is 5.11 Å². The first-order valence-electron chi connectivity index (χ1n) is 6.36. The number of pyridine rings is 1. The molecular weight excluding hydrogens is 252 g/mol. The van der Waals surface area contributed by atoms with Gasteiger partial charge in [-0.1, -0.05) is 12.1 Å². The number of aromatic nitrogens is 1. The highest BCUT2D eigenvalue weighted by molar-refractivity contribution is 5.38. The summed E-state index contributed by atoms with van der Waals surface area (Å²) in [7, 11) is 0. The van der Waals surface area contributed by atoms with Crippen LogP contribution in [0.1, 0.15) is 35.4 Å². The third kappa shape index (κ3) is 3.34. The van der Waals surface area contributed by atoms with Gasteiger partial charge in [-0.2, -0.15) is 5.26 Å². The van der Waals surface area contributed by atoms with Gasteiger partial charge in [-0.25, -0.2) is 4.98 Å². The Kier molecular flexibility index (Phi) is 4.34. The summed E-state index contributed by atoms with van der Waals surface area (Å²) in [6.45, 7) is 4.01. The largest absolute Gasteiger partial charge is 0.489 e. The average molecular weight is 268 g/mol. The third-order valence-corrected chi connectivity index (χ3v) is 2.95. The number of hydrogen-bond donors (Lipinski definition) is 1. The van der Waals surface area contributed by atoms with Crippen molar-refractivity contribution in [2.24, 2.45) is 0 Å². The Morgan fingerprint density at radius 1 is 1.35 bits per heavy atom. The first-order valence-corrected chi connectivity index (χ1v) is 6.36. The highest BCUT2D eigenvalue weighted by Gasteiger charge is 2.09. The van der Waals surface area contributed by atoms with Crippen molar-refractivity contribution in [2.75, 3.05) is 0 Å². The number of nitrogens with zero attached hydrogens (tertiary/aromatic N) is 2. The zero-order valence-corrected chi connectivity index (χ0v) is 11.5. The van der Waals surface area contributed by atoms with Crippen molar-refractivity contribution in [3.8, 4) is 11.8 Å². The van der Waals surface area contributed by atoms with Crippen molar-refractivity contribution in [2.45, 2.75) is 26.6 Å². The molecule has 0 aliphatic heterocycles. The third-order valence-electron chi connectivity index (χ3n) is 2.95. The lowest BCUT2D eigenvalue weighted by Gasteiger charge is -2.14. The van der Waals surface area contributed by atoms with E-state index < -0.39 is 6.10 Å². The topological polar surface area (TPSA) is 66.1 Å². The van der Waals surface area contributed by atoms with Gasteiger partial charge in [0.15, 0.2) is 0 Å². The SMILES string of the molecule is Cc1ccc([C@@H](C)O)c(OCc2ccnc(C#N)c2)c1. The lowest BCUT2D eigenvalue weighted by molar-refractivity contribution is 0.190. The second-order valence-corrected chi connectivity index (χ2v) is 4.67. The smallest absolute Gasteiger partial charge is 0.140 e. The van der Waals surface area contributed by atoms with Crippen molar-refractivity contribution in [1.82, 2.24) is 4.98 Å². The Bertz CT molecular complexity index is 645. The van der Waals surface area contributed by atoms with Crippen molar-refractivity contribution in [3.63, 3.8) is 0 Å². The zero-order chi connectivity index (χ0) is 14.5. The second-order valence-electron chi connectivity index (χ2n) is 4.67. The molecule has 0 aliphatic rings. The van der Waals surface area contributed by atoms with E-state index in [4.69, 9.17) is 10.00 Å². The van der Waals surface area contributed by atoms with E-state index >= 15 is 0 Å². The quantitative estimate of drug-likeness (QED) is 0.925. The summed E-state index contributed by atoms with van der Waals surface area (Å²) < 4.78 is 5.77. The Labute approximate surface area is 118 Å². The van der Waals surface area contributed by atoms with Crippen LogP contribution in [0.25, 0.3) is 0 Å². The Morgan fingerprint density at radius 2 is 2.15 bits per heavy atom. The summed E-state index contributed by atoms with van der Waals surface area (Å²) >= 11 is 0. The van der Waals surface area contributed by atoms with Gasteiger partial charge in [0.05, 0.1) is 6.10 Å². The van der Waals surface area contributed by atoms with Gasteiger partial charge in [-0.15, -0.1) is 0 Å². The van der Waals surface area contributed by atoms with Crippen LogP contribution in [0.3, 0.4) is 0 Å². The van der Waals surface area contributed by atoms with Gasteiger partial charge in [0.2, 0.25) is 0 Å². The van der Waals surface area contributed by atoms with Gasteiger partial charge in [-0.3, -0.25) is 0 Å². The summed E-state index contributed by atoms with van der Waals surface area (Å²) in [5, 5.41) is 18.6. The minimum Gasteiger partial charge on any atom is -0.489 e. The van der Waals surface area contributed by atoms with Gasteiger partial charge < -0.3 is 9.84 Å². The van der Waals surface area contributed by atoms with Gasteiger partial charge in [0, 0.05) is 11.8 Å². The lowest BCUT2D eigenvalue weighted by Crippen LogP contribution is -2.02. The number of rotatable bonds is 4. The van der Waals surface area contributed by atoms with E-state index in [0.29, 0.717) is 18.1 Å². The summed E-state index contributed by atoms with van der Waals surface area (Å²) in [4.78, 5) is 3.92. The van der Waals surface area contributed by atoms with Crippen molar-refractivity contribution < 1.29 is 9.84 Å². The molecule has 0 amide bonds. The van der Waals surface area contributed by atoms with Gasteiger partial charge in [0.25, 0.3) is 0 Å². The van der Waals surface area contributed by atoms with Gasteiger partial charge in [0.1, 0.15) is 24.1 Å². The first kappa shape index (κ1) is 14.0. The van der Waals surface area contributed by atoms with Gasteiger partial charge in [-0.05, 0) is 43.2 Å². The number of hydrogen-bond acceptors (Lipinski definition) is 4. The molecule has 0 saturated heterocycles. The molecule has 4 heteroatoms. The van der Waals surface area contributed by atoms with E-state index in [1.54, 1.807) is 25.3 Å². The highest BCUT2D eigenvalue weighted by atomic mass is 16.5. The summed E-state index contributed by atoms with van der Waals surface area (Å²) in [5.74, 6) is 0.662. The van der Waals surface area contributed by atoms with E-state index in [2.05, 4.69) is 4.98 Å². The molecule has 0 spiro atoms. The molecule has 4 nitrogen and oxygen atoms in total. The van der Waals surface area contributed by atoms with Gasteiger partial charge >= 0.3 is 0 Å². The molecule has 0 saturated carbocycles. The average Bonchev–Trinajstić information content (AvgIpc) is 2.45. The fraction of sp³-hybridized carbons (Fsp3) is 0.250. The molecule has 1 aromatic heterocycles. The molecule has 0 aliphatic carbocycles. The number of benzene rings is 1. The van der Waals surface area contributed by atoms with E-state index in [-0.39, 0.29) is 0 Å². The van der Waals surface area contributed by atoms with Crippen LogP contribution in [-0.2, 0) is 6.61 Å². The van der Waals surface area contributed by atoms with Crippen LogP contribution >= 0.6 is 0 Å². The highest BCUT2D eigenvalue weighted by Crippen LogP contribution is 2.27. The fourth-order valence-electron chi connectivity index (χ4n) is 1.90. The van der Waals surface area contributed by atoms with Crippen LogP contribution in [-0.4, -0.2) is 10.1 Å². The Morgan fingerprint density at radius 3 is 2.85 bits per heavy atom. The number of nitriles is 1. The molecular formula is C16H16N2O2. The maximum Gasteiger partial charge on any atom is 0.140 e. The van der Waals surface area contributed by atoms with Crippen molar-refractivity contribution in [3.05, 3.63) is 58.9 Å². The molecule has 0 bridgehead atoms. The predicted octanol–water partition coefficient (Wildman–Crippen LogP) is 2.89. The maximum atomic E-state index is 9.74. The lowest BCUT2D eigenvalue weighted by atomic mass is 10.1. The zero-order valence-electron chi connectivity index (χ0n) is 11.5. The predicted molar refractivity (Wildman–Crippen MR) is 75.1 cm³/mol. The van der Waals surface area contributed by atoms with Crippen LogP contribution in [0.2, 0.25) is 0 Å². The van der Waals surface area contributed by atoms with E-state index in [1.165, 1.54) is 0 Å². The molecule has 0 radical (unpaired) electrons. The monoisotopic (exact) mass is 268 g/mol. The number of aliphatic hydroxyl groups is 1. The second kappa shape index (κ2) is 6.18. The summed E-state index contributed by atoms with van der Waals surface area (Å²) in [5.41, 5.74) is 3.06. The van der Waals surface area contributed by atoms with Crippen molar-refractivity contribution in [1.29, 1.82) is 5.26 Å². The Balaban J connectivity index is 2.18. The number of ether oxygens (including phenoxy) is 1. The Hall–Kier alpha value is -2.38. The minimum atomic E-state index is -0.585. The standard InChI is InChI=1S/C16H16N2O2/c1-11-3-4-15(12(2)19)16(7-11)20-10-13-5-6-18-14(8-13)9-17/h3-8,12,19H,10H2,1-2H3/t12-/m1/s1. The van der Waals surface area contributed by atoms with Crippen LogP contribution < -0.4 is 4.74 Å². The molecule has 1 atom stereocenters. The molecule has 1 heterocycles. The number of aryl methyl sites for hydroxylation is 1. The van der Waals surface area contributed by atoms with Crippen LogP contribution in [0, 0.1) is 18.3 Å². The normalized spacial score (nSPS) is 11.7. The maximum absolute atomic E-state index is 9.74. The summed E-state index contributed by atoms with van der Waals surface area (Å²) in [6, 6.07) is 11.2. The first-order chi connectivity index (χ1) is 9.60. The van der Waals surface area contributed by atoms with E-state index in [1.807, 2.05) is 31.2 Å². The molecule has 0 unspecified atom stereocenters. The molecule has 2 aromatic rings. The molecule has 1 aromatic carbocycles. The number of aliphatic hydroxyl groups excluding tert-OH is 1. The fourth-order valence-corrected chi connectivity index (χ4v) is 1.90. The summed E-state index contributed by atoms with van der Waals surface area (Å²) in [6.07, 6.45) is 1.00. The molecule has 102 valence electrons. The molecule has 1 N–H and O–H groups in total. The van der Waals surface area contributed by atoms with Crippen LogP contribution in [0.5, 0.6) is 5.75 Å². The van der Waals surface area contributed by atoms with Crippen LogP contribution in [0.4, 0.5) is 0 Å². The van der Waals surface area contributed by atoms with Crippen molar-refractivity contribution >= 4 is 0 Å².